The van der Waals surface area contributed by atoms with Crippen LogP contribution in [0.4, 0.5) is 0 Å². The number of carbonyl (C=O) groups is 1. The molecule has 0 radical (unpaired) electrons. The standard InChI is InChI=1S/C17H20ClN3O2/c1-2-6-15(22)21-10-4-3-9-14(21)17-19-16(20-23-17)12-7-5-8-13(18)11-12/h5,7-8,11,14H,2-4,6,9-10H2,1H3. The van der Waals surface area contributed by atoms with Crippen molar-refractivity contribution in [3.63, 3.8) is 0 Å². The van der Waals surface area contributed by atoms with Crippen molar-refractivity contribution < 1.29 is 9.32 Å². The highest BCUT2D eigenvalue weighted by atomic mass is 35.5. The number of likely N-dealkylation sites (tertiary alicyclic amines) is 1. The van der Waals surface area contributed by atoms with Crippen molar-refractivity contribution in [2.24, 2.45) is 0 Å². The second kappa shape index (κ2) is 7.13. The lowest BCUT2D eigenvalue weighted by Crippen LogP contribution is -2.38. The van der Waals surface area contributed by atoms with Gasteiger partial charge >= 0.3 is 0 Å². The van der Waals surface area contributed by atoms with Crippen molar-refractivity contribution in [1.29, 1.82) is 0 Å². The summed E-state index contributed by atoms with van der Waals surface area (Å²) in [4.78, 5) is 18.7. The molecule has 1 fully saturated rings. The fourth-order valence-corrected chi connectivity index (χ4v) is 3.15. The lowest BCUT2D eigenvalue weighted by Gasteiger charge is -2.33. The summed E-state index contributed by atoms with van der Waals surface area (Å²) in [5.74, 6) is 1.19. The monoisotopic (exact) mass is 333 g/mol. The van der Waals surface area contributed by atoms with Crippen molar-refractivity contribution in [2.45, 2.75) is 45.1 Å². The van der Waals surface area contributed by atoms with Gasteiger partial charge in [0.05, 0.1) is 0 Å². The summed E-state index contributed by atoms with van der Waals surface area (Å²) in [6, 6.07) is 7.24. The molecule has 1 aliphatic rings. The van der Waals surface area contributed by atoms with Crippen LogP contribution < -0.4 is 0 Å². The Kier molecular flexibility index (Phi) is 4.96. The molecule has 5 nitrogen and oxygen atoms in total. The maximum absolute atomic E-state index is 12.3. The molecule has 1 atom stereocenters. The molecule has 0 saturated carbocycles. The van der Waals surface area contributed by atoms with E-state index >= 15 is 0 Å². The van der Waals surface area contributed by atoms with E-state index < -0.39 is 0 Å². The summed E-state index contributed by atoms with van der Waals surface area (Å²) < 4.78 is 5.46. The molecule has 2 heterocycles. The third-order valence-electron chi connectivity index (χ3n) is 4.10. The van der Waals surface area contributed by atoms with Gasteiger partial charge in [-0.25, -0.2) is 0 Å². The molecular formula is C17H20ClN3O2. The van der Waals surface area contributed by atoms with E-state index in [9.17, 15) is 4.79 Å². The van der Waals surface area contributed by atoms with Gasteiger partial charge in [0.2, 0.25) is 17.6 Å². The summed E-state index contributed by atoms with van der Waals surface area (Å²) in [5.41, 5.74) is 0.815. The summed E-state index contributed by atoms with van der Waals surface area (Å²) >= 11 is 6.01. The maximum atomic E-state index is 12.3. The number of halogens is 1. The highest BCUT2D eigenvalue weighted by molar-refractivity contribution is 6.30. The first kappa shape index (κ1) is 16.0. The molecule has 2 aromatic rings. The number of benzene rings is 1. The molecule has 1 saturated heterocycles. The Morgan fingerprint density at radius 3 is 3.09 bits per heavy atom. The zero-order valence-electron chi connectivity index (χ0n) is 13.2. The number of nitrogens with zero attached hydrogens (tertiary/aromatic N) is 3. The van der Waals surface area contributed by atoms with Crippen molar-refractivity contribution in [3.05, 3.63) is 35.2 Å². The fraction of sp³-hybridized carbons (Fsp3) is 0.471. The number of aromatic nitrogens is 2. The molecule has 3 rings (SSSR count). The van der Waals surface area contributed by atoms with Crippen LogP contribution >= 0.6 is 11.6 Å². The van der Waals surface area contributed by atoms with Crippen molar-refractivity contribution >= 4 is 17.5 Å². The van der Waals surface area contributed by atoms with Crippen molar-refractivity contribution in [1.82, 2.24) is 15.0 Å². The Morgan fingerprint density at radius 2 is 2.30 bits per heavy atom. The third kappa shape index (κ3) is 3.55. The first-order chi connectivity index (χ1) is 11.2. The summed E-state index contributed by atoms with van der Waals surface area (Å²) in [5, 5.41) is 4.69. The van der Waals surface area contributed by atoms with Crippen LogP contribution in [0, 0.1) is 0 Å². The van der Waals surface area contributed by atoms with E-state index in [1.54, 1.807) is 12.1 Å². The molecule has 0 aliphatic carbocycles. The van der Waals surface area contributed by atoms with Gasteiger partial charge in [-0.15, -0.1) is 0 Å². The van der Waals surface area contributed by atoms with Crippen molar-refractivity contribution in [3.8, 4) is 11.4 Å². The molecule has 0 N–H and O–H groups in total. The number of rotatable bonds is 4. The van der Waals surface area contributed by atoms with Gasteiger partial charge in [-0.3, -0.25) is 4.79 Å². The van der Waals surface area contributed by atoms with E-state index in [2.05, 4.69) is 10.1 Å². The molecule has 6 heteroatoms. The van der Waals surface area contributed by atoms with Gasteiger partial charge in [-0.1, -0.05) is 35.8 Å². The smallest absolute Gasteiger partial charge is 0.249 e. The number of amides is 1. The van der Waals surface area contributed by atoms with Crippen LogP contribution in [0.3, 0.4) is 0 Å². The number of carbonyl (C=O) groups excluding carboxylic acids is 1. The van der Waals surface area contributed by atoms with Gasteiger partial charge in [0.25, 0.3) is 0 Å². The average Bonchev–Trinajstić information content (AvgIpc) is 3.05. The Hall–Kier alpha value is -1.88. The second-order valence-corrected chi connectivity index (χ2v) is 6.25. The molecule has 1 amide bonds. The van der Waals surface area contributed by atoms with Crippen LogP contribution in [-0.4, -0.2) is 27.5 Å². The molecular weight excluding hydrogens is 314 g/mol. The first-order valence-electron chi connectivity index (χ1n) is 8.08. The normalized spacial score (nSPS) is 18.2. The van der Waals surface area contributed by atoms with E-state index in [0.29, 0.717) is 23.2 Å². The van der Waals surface area contributed by atoms with Crippen molar-refractivity contribution in [2.75, 3.05) is 6.54 Å². The minimum Gasteiger partial charge on any atom is -0.337 e. The Balaban J connectivity index is 1.84. The van der Waals surface area contributed by atoms with Crippen LogP contribution in [0.1, 0.15) is 51.0 Å². The molecule has 1 aromatic carbocycles. The topological polar surface area (TPSA) is 59.2 Å². The zero-order chi connectivity index (χ0) is 16.2. The molecule has 1 aliphatic heterocycles. The van der Waals surface area contributed by atoms with E-state index in [1.165, 1.54) is 0 Å². The molecule has 23 heavy (non-hydrogen) atoms. The average molecular weight is 334 g/mol. The predicted octanol–water partition coefficient (Wildman–Crippen LogP) is 4.24. The van der Waals surface area contributed by atoms with Gasteiger partial charge in [0.1, 0.15) is 6.04 Å². The Bertz CT molecular complexity index is 686. The molecule has 0 bridgehead atoms. The highest BCUT2D eigenvalue weighted by Crippen LogP contribution is 2.32. The van der Waals surface area contributed by atoms with Gasteiger partial charge in [0.15, 0.2) is 0 Å². The summed E-state index contributed by atoms with van der Waals surface area (Å²) in [7, 11) is 0. The summed E-state index contributed by atoms with van der Waals surface area (Å²) in [6.45, 7) is 2.78. The van der Waals surface area contributed by atoms with E-state index in [0.717, 1.165) is 37.8 Å². The Morgan fingerprint density at radius 1 is 1.43 bits per heavy atom. The molecule has 1 unspecified atom stereocenters. The lowest BCUT2D eigenvalue weighted by atomic mass is 10.0. The fourth-order valence-electron chi connectivity index (χ4n) is 2.96. The van der Waals surface area contributed by atoms with Gasteiger partial charge in [-0.2, -0.15) is 4.98 Å². The third-order valence-corrected chi connectivity index (χ3v) is 4.33. The number of hydrogen-bond donors (Lipinski definition) is 0. The van der Waals surface area contributed by atoms with Crippen LogP contribution in [0.25, 0.3) is 11.4 Å². The van der Waals surface area contributed by atoms with E-state index in [1.807, 2.05) is 24.0 Å². The maximum Gasteiger partial charge on any atom is 0.249 e. The van der Waals surface area contributed by atoms with Crippen LogP contribution in [0.15, 0.2) is 28.8 Å². The molecule has 1 aromatic heterocycles. The number of hydrogen-bond acceptors (Lipinski definition) is 4. The van der Waals surface area contributed by atoms with Gasteiger partial charge in [0, 0.05) is 23.6 Å². The molecule has 0 spiro atoms. The predicted molar refractivity (Wildman–Crippen MR) is 88.0 cm³/mol. The minimum absolute atomic E-state index is 0.108. The van der Waals surface area contributed by atoms with Crippen LogP contribution in [0.5, 0.6) is 0 Å². The minimum atomic E-state index is -0.108. The lowest BCUT2D eigenvalue weighted by molar-refractivity contribution is -0.135. The highest BCUT2D eigenvalue weighted by Gasteiger charge is 2.31. The van der Waals surface area contributed by atoms with E-state index in [4.69, 9.17) is 16.1 Å². The van der Waals surface area contributed by atoms with E-state index in [-0.39, 0.29) is 11.9 Å². The Labute approximate surface area is 140 Å². The van der Waals surface area contributed by atoms with Crippen LogP contribution in [-0.2, 0) is 4.79 Å². The number of piperidine rings is 1. The quantitative estimate of drug-likeness (QED) is 0.839. The van der Waals surface area contributed by atoms with Gasteiger partial charge in [-0.05, 0) is 37.8 Å². The second-order valence-electron chi connectivity index (χ2n) is 5.82. The SMILES string of the molecule is CCCC(=O)N1CCCCC1c1nc(-c2cccc(Cl)c2)no1. The van der Waals surface area contributed by atoms with Crippen LogP contribution in [0.2, 0.25) is 5.02 Å². The largest absolute Gasteiger partial charge is 0.337 e. The molecule has 122 valence electrons. The zero-order valence-corrected chi connectivity index (χ0v) is 13.9. The first-order valence-corrected chi connectivity index (χ1v) is 8.46. The summed E-state index contributed by atoms with van der Waals surface area (Å²) in [6.07, 6.45) is 4.37. The van der Waals surface area contributed by atoms with Gasteiger partial charge < -0.3 is 9.42 Å².